The first-order valence-electron chi connectivity index (χ1n) is 6.90. The van der Waals surface area contributed by atoms with Crippen LogP contribution in [0.2, 0.25) is 0 Å². The van der Waals surface area contributed by atoms with E-state index < -0.39 is 11.6 Å². The van der Waals surface area contributed by atoms with E-state index in [1.807, 2.05) is 20.8 Å². The van der Waals surface area contributed by atoms with Crippen molar-refractivity contribution in [3.05, 3.63) is 33.8 Å². The van der Waals surface area contributed by atoms with Gasteiger partial charge in [-0.15, -0.1) is 12.4 Å². The lowest BCUT2D eigenvalue weighted by Gasteiger charge is -2.42. The van der Waals surface area contributed by atoms with Gasteiger partial charge < -0.3 is 5.32 Å². The molecule has 2 rings (SSSR count). The molecule has 0 bridgehead atoms. The molecule has 1 saturated heterocycles. The van der Waals surface area contributed by atoms with Crippen molar-refractivity contribution < 1.29 is 8.78 Å². The van der Waals surface area contributed by atoms with Crippen molar-refractivity contribution >= 4 is 28.3 Å². The van der Waals surface area contributed by atoms with Gasteiger partial charge in [-0.25, -0.2) is 8.78 Å². The minimum absolute atomic E-state index is 0. The van der Waals surface area contributed by atoms with Gasteiger partial charge >= 0.3 is 0 Å². The minimum Gasteiger partial charge on any atom is -0.314 e. The first kappa shape index (κ1) is 18.8. The third-order valence-corrected chi connectivity index (χ3v) is 4.11. The first-order valence-corrected chi connectivity index (χ1v) is 7.69. The number of nitrogens with zero attached hydrogens (tertiary/aromatic N) is 1. The van der Waals surface area contributed by atoms with Gasteiger partial charge in [0.2, 0.25) is 0 Å². The molecule has 1 heterocycles. The van der Waals surface area contributed by atoms with Crippen LogP contribution in [0.15, 0.2) is 16.6 Å². The topological polar surface area (TPSA) is 15.3 Å². The molecular formula is C15H22BrClF2N2. The van der Waals surface area contributed by atoms with E-state index in [-0.39, 0.29) is 29.4 Å². The Morgan fingerprint density at radius 1 is 1.14 bits per heavy atom. The Bertz CT molecular complexity index is 462. The monoisotopic (exact) mass is 382 g/mol. The molecule has 0 saturated carbocycles. The number of hydrogen-bond donors (Lipinski definition) is 1. The van der Waals surface area contributed by atoms with Crippen LogP contribution in [0.3, 0.4) is 0 Å². The standard InChI is InChI=1S/C15H21BrF2N2.ClH/c1-15(2,3)14(20-6-4-19-5-7-20)13-11(17)8-10(16)9-12(13)18;/h8-9,14,19H,4-7H2,1-3H3;1H/t14-;/m0./s1. The number of rotatable bonds is 2. The van der Waals surface area contributed by atoms with E-state index in [0.29, 0.717) is 4.47 Å². The number of nitrogens with one attached hydrogen (secondary N) is 1. The molecule has 1 aromatic carbocycles. The maximum Gasteiger partial charge on any atom is 0.132 e. The van der Waals surface area contributed by atoms with E-state index >= 15 is 0 Å². The Hall–Kier alpha value is -0.230. The number of halogens is 4. The summed E-state index contributed by atoms with van der Waals surface area (Å²) in [5, 5.41) is 3.27. The molecule has 1 aliphatic rings. The normalized spacial score (nSPS) is 18.2. The van der Waals surface area contributed by atoms with Crippen molar-refractivity contribution in [3.63, 3.8) is 0 Å². The molecule has 1 aromatic rings. The lowest BCUT2D eigenvalue weighted by molar-refractivity contribution is 0.0804. The smallest absolute Gasteiger partial charge is 0.132 e. The van der Waals surface area contributed by atoms with E-state index in [1.54, 1.807) is 0 Å². The van der Waals surface area contributed by atoms with Crippen LogP contribution in [0.4, 0.5) is 8.78 Å². The molecule has 0 aliphatic carbocycles. The molecular weight excluding hydrogens is 362 g/mol. The average molecular weight is 384 g/mol. The summed E-state index contributed by atoms with van der Waals surface area (Å²) in [6, 6.07) is 2.43. The summed E-state index contributed by atoms with van der Waals surface area (Å²) in [7, 11) is 0. The lowest BCUT2D eigenvalue weighted by Crippen LogP contribution is -2.48. The predicted octanol–water partition coefficient (Wildman–Crippen LogP) is 4.14. The maximum absolute atomic E-state index is 14.3. The highest BCUT2D eigenvalue weighted by Gasteiger charge is 2.36. The van der Waals surface area contributed by atoms with Crippen LogP contribution in [-0.2, 0) is 0 Å². The van der Waals surface area contributed by atoms with E-state index in [9.17, 15) is 8.78 Å². The maximum atomic E-state index is 14.3. The van der Waals surface area contributed by atoms with Gasteiger partial charge in [0.25, 0.3) is 0 Å². The van der Waals surface area contributed by atoms with E-state index in [4.69, 9.17) is 0 Å². The summed E-state index contributed by atoms with van der Waals surface area (Å²) in [5.41, 5.74) is -0.0602. The zero-order chi connectivity index (χ0) is 14.9. The van der Waals surface area contributed by atoms with Gasteiger partial charge in [-0.1, -0.05) is 36.7 Å². The fourth-order valence-corrected chi connectivity index (χ4v) is 3.32. The highest BCUT2D eigenvalue weighted by molar-refractivity contribution is 9.10. The Balaban J connectivity index is 0.00000220. The lowest BCUT2D eigenvalue weighted by atomic mass is 9.80. The highest BCUT2D eigenvalue weighted by Crippen LogP contribution is 2.41. The van der Waals surface area contributed by atoms with Crippen molar-refractivity contribution in [2.45, 2.75) is 26.8 Å². The van der Waals surface area contributed by atoms with E-state index in [2.05, 4.69) is 26.1 Å². The Kier molecular flexibility index (Phi) is 6.59. The van der Waals surface area contributed by atoms with Crippen molar-refractivity contribution in [2.24, 2.45) is 5.41 Å². The fourth-order valence-electron chi connectivity index (χ4n) is 2.92. The van der Waals surface area contributed by atoms with Gasteiger partial charge in [0.1, 0.15) is 11.6 Å². The molecule has 2 nitrogen and oxygen atoms in total. The molecule has 0 unspecified atom stereocenters. The zero-order valence-electron chi connectivity index (χ0n) is 12.5. The van der Waals surface area contributed by atoms with Crippen molar-refractivity contribution in [3.8, 4) is 0 Å². The van der Waals surface area contributed by atoms with Gasteiger partial charge in [-0.3, -0.25) is 4.90 Å². The van der Waals surface area contributed by atoms with Crippen molar-refractivity contribution in [2.75, 3.05) is 26.2 Å². The van der Waals surface area contributed by atoms with Crippen LogP contribution in [0.25, 0.3) is 0 Å². The SMILES string of the molecule is CC(C)(C)[C@H](c1c(F)cc(Br)cc1F)N1CCNCC1.Cl. The third kappa shape index (κ3) is 4.38. The molecule has 6 heteroatoms. The van der Waals surface area contributed by atoms with Gasteiger partial charge in [0.15, 0.2) is 0 Å². The first-order chi connectivity index (χ1) is 9.30. The molecule has 0 radical (unpaired) electrons. The van der Waals surface area contributed by atoms with E-state index in [1.165, 1.54) is 12.1 Å². The van der Waals surface area contributed by atoms with Crippen LogP contribution in [-0.4, -0.2) is 31.1 Å². The van der Waals surface area contributed by atoms with Gasteiger partial charge in [-0.05, 0) is 17.5 Å². The molecule has 1 N–H and O–H groups in total. The molecule has 0 aromatic heterocycles. The summed E-state index contributed by atoms with van der Waals surface area (Å²) >= 11 is 3.14. The quantitative estimate of drug-likeness (QED) is 0.825. The molecule has 21 heavy (non-hydrogen) atoms. The summed E-state index contributed by atoms with van der Waals surface area (Å²) in [6.07, 6.45) is 0. The number of hydrogen-bond acceptors (Lipinski definition) is 2. The van der Waals surface area contributed by atoms with E-state index in [0.717, 1.165) is 26.2 Å². The van der Waals surface area contributed by atoms with Crippen LogP contribution in [0.5, 0.6) is 0 Å². The summed E-state index contributed by atoms with van der Waals surface area (Å²) in [6.45, 7) is 9.40. The number of benzene rings is 1. The fraction of sp³-hybridized carbons (Fsp3) is 0.600. The molecule has 0 spiro atoms. The number of piperazine rings is 1. The summed E-state index contributed by atoms with van der Waals surface area (Å²) < 4.78 is 29.1. The molecule has 1 fully saturated rings. The minimum atomic E-state index is -0.477. The second-order valence-electron chi connectivity index (χ2n) is 6.34. The highest BCUT2D eigenvalue weighted by atomic mass is 79.9. The molecule has 1 aliphatic heterocycles. The van der Waals surface area contributed by atoms with Crippen LogP contribution in [0, 0.1) is 17.0 Å². The Labute approximate surface area is 139 Å². The molecule has 120 valence electrons. The Morgan fingerprint density at radius 2 is 1.62 bits per heavy atom. The van der Waals surface area contributed by atoms with Gasteiger partial charge in [-0.2, -0.15) is 0 Å². The average Bonchev–Trinajstić information content (AvgIpc) is 2.33. The summed E-state index contributed by atoms with van der Waals surface area (Å²) in [5.74, 6) is -0.953. The van der Waals surface area contributed by atoms with Crippen LogP contribution in [0.1, 0.15) is 32.4 Å². The second-order valence-corrected chi connectivity index (χ2v) is 7.25. The largest absolute Gasteiger partial charge is 0.314 e. The third-order valence-electron chi connectivity index (χ3n) is 3.65. The molecule has 1 atom stereocenters. The van der Waals surface area contributed by atoms with Gasteiger partial charge in [0, 0.05) is 42.3 Å². The van der Waals surface area contributed by atoms with Crippen molar-refractivity contribution in [1.29, 1.82) is 0 Å². The zero-order valence-corrected chi connectivity index (χ0v) is 15.0. The second kappa shape index (κ2) is 7.36. The van der Waals surface area contributed by atoms with Crippen LogP contribution >= 0.6 is 28.3 Å². The van der Waals surface area contributed by atoms with Crippen LogP contribution < -0.4 is 5.32 Å². The summed E-state index contributed by atoms with van der Waals surface area (Å²) in [4.78, 5) is 2.17. The molecule has 0 amide bonds. The predicted molar refractivity (Wildman–Crippen MR) is 87.9 cm³/mol. The van der Waals surface area contributed by atoms with Gasteiger partial charge in [0.05, 0.1) is 0 Å². The van der Waals surface area contributed by atoms with Crippen molar-refractivity contribution in [1.82, 2.24) is 10.2 Å². The Morgan fingerprint density at radius 3 is 2.05 bits per heavy atom.